The van der Waals surface area contributed by atoms with Crippen molar-refractivity contribution in [2.75, 3.05) is 13.1 Å². The summed E-state index contributed by atoms with van der Waals surface area (Å²) in [7, 11) is 0. The molecule has 0 aliphatic rings. The molecule has 0 radical (unpaired) electrons. The standard InChI is InChI=1S/C10H14FNO/c1-2-12-7-10(13)8-5-3-4-6-9(8)11/h3-6,10,12-13H,2,7H2,1H3. The van der Waals surface area contributed by atoms with E-state index < -0.39 is 6.10 Å². The van der Waals surface area contributed by atoms with E-state index in [1.807, 2.05) is 6.92 Å². The molecule has 0 aliphatic carbocycles. The molecule has 0 spiro atoms. The van der Waals surface area contributed by atoms with Crippen LogP contribution in [0.25, 0.3) is 0 Å². The summed E-state index contributed by atoms with van der Waals surface area (Å²) < 4.78 is 13.1. The number of halogens is 1. The molecule has 0 aromatic heterocycles. The van der Waals surface area contributed by atoms with Gasteiger partial charge in [-0.3, -0.25) is 0 Å². The van der Waals surface area contributed by atoms with E-state index in [2.05, 4.69) is 5.32 Å². The lowest BCUT2D eigenvalue weighted by Gasteiger charge is -2.11. The summed E-state index contributed by atoms with van der Waals surface area (Å²) >= 11 is 0. The van der Waals surface area contributed by atoms with E-state index in [0.717, 1.165) is 6.54 Å². The smallest absolute Gasteiger partial charge is 0.129 e. The Morgan fingerprint density at radius 1 is 1.46 bits per heavy atom. The Kier molecular flexibility index (Phi) is 3.86. The highest BCUT2D eigenvalue weighted by atomic mass is 19.1. The van der Waals surface area contributed by atoms with Gasteiger partial charge in [-0.1, -0.05) is 25.1 Å². The summed E-state index contributed by atoms with van der Waals surface area (Å²) in [6.07, 6.45) is -0.763. The van der Waals surface area contributed by atoms with Gasteiger partial charge in [0.05, 0.1) is 6.10 Å². The molecule has 1 unspecified atom stereocenters. The Labute approximate surface area is 77.4 Å². The van der Waals surface area contributed by atoms with Crippen LogP contribution in [0.4, 0.5) is 4.39 Å². The molecule has 0 fully saturated rings. The molecular formula is C10H14FNO. The monoisotopic (exact) mass is 183 g/mol. The number of benzene rings is 1. The third kappa shape index (κ3) is 2.79. The summed E-state index contributed by atoms with van der Waals surface area (Å²) in [6.45, 7) is 3.09. The number of rotatable bonds is 4. The van der Waals surface area contributed by atoms with Gasteiger partial charge in [0.2, 0.25) is 0 Å². The van der Waals surface area contributed by atoms with Crippen LogP contribution in [0.1, 0.15) is 18.6 Å². The molecule has 0 saturated heterocycles. The molecule has 0 saturated carbocycles. The van der Waals surface area contributed by atoms with Gasteiger partial charge in [-0.2, -0.15) is 0 Å². The summed E-state index contributed by atoms with van der Waals surface area (Å²) in [5.41, 5.74) is 0.350. The first-order valence-electron chi connectivity index (χ1n) is 4.39. The van der Waals surface area contributed by atoms with Crippen molar-refractivity contribution in [3.63, 3.8) is 0 Å². The van der Waals surface area contributed by atoms with Gasteiger partial charge in [0, 0.05) is 12.1 Å². The lowest BCUT2D eigenvalue weighted by atomic mass is 10.1. The molecule has 0 heterocycles. The van der Waals surface area contributed by atoms with Crippen LogP contribution < -0.4 is 5.32 Å². The molecule has 2 nitrogen and oxygen atoms in total. The van der Waals surface area contributed by atoms with Crippen LogP contribution >= 0.6 is 0 Å². The van der Waals surface area contributed by atoms with E-state index in [1.54, 1.807) is 18.2 Å². The van der Waals surface area contributed by atoms with E-state index in [4.69, 9.17) is 0 Å². The fourth-order valence-electron chi connectivity index (χ4n) is 1.14. The van der Waals surface area contributed by atoms with E-state index in [1.165, 1.54) is 6.07 Å². The van der Waals surface area contributed by atoms with Crippen molar-refractivity contribution >= 4 is 0 Å². The van der Waals surface area contributed by atoms with Crippen molar-refractivity contribution in [2.24, 2.45) is 0 Å². The maximum Gasteiger partial charge on any atom is 0.129 e. The number of hydrogen-bond donors (Lipinski definition) is 2. The largest absolute Gasteiger partial charge is 0.387 e. The Morgan fingerprint density at radius 2 is 2.15 bits per heavy atom. The molecule has 0 amide bonds. The molecule has 1 rings (SSSR count). The lowest BCUT2D eigenvalue weighted by Crippen LogP contribution is -2.21. The predicted molar refractivity (Wildman–Crippen MR) is 49.9 cm³/mol. The van der Waals surface area contributed by atoms with Crippen molar-refractivity contribution < 1.29 is 9.50 Å². The Balaban J connectivity index is 2.65. The van der Waals surface area contributed by atoms with Crippen LogP contribution in [0.3, 0.4) is 0 Å². The topological polar surface area (TPSA) is 32.3 Å². The van der Waals surface area contributed by atoms with Gasteiger partial charge in [-0.15, -0.1) is 0 Å². The number of nitrogens with one attached hydrogen (secondary N) is 1. The zero-order valence-electron chi connectivity index (χ0n) is 7.63. The van der Waals surface area contributed by atoms with Crippen molar-refractivity contribution in [2.45, 2.75) is 13.0 Å². The maximum absolute atomic E-state index is 13.1. The van der Waals surface area contributed by atoms with Gasteiger partial charge < -0.3 is 10.4 Å². The average molecular weight is 183 g/mol. The van der Waals surface area contributed by atoms with Gasteiger partial charge in [0.15, 0.2) is 0 Å². The van der Waals surface area contributed by atoms with E-state index in [9.17, 15) is 9.50 Å². The first-order chi connectivity index (χ1) is 6.25. The molecule has 1 aromatic carbocycles. The minimum absolute atomic E-state index is 0.350. The fourth-order valence-corrected chi connectivity index (χ4v) is 1.14. The van der Waals surface area contributed by atoms with Crippen LogP contribution in [0.5, 0.6) is 0 Å². The van der Waals surface area contributed by atoms with Crippen molar-refractivity contribution in [1.29, 1.82) is 0 Å². The van der Waals surface area contributed by atoms with Gasteiger partial charge >= 0.3 is 0 Å². The first-order valence-corrected chi connectivity index (χ1v) is 4.39. The second-order valence-corrected chi connectivity index (χ2v) is 2.84. The molecule has 2 N–H and O–H groups in total. The Morgan fingerprint density at radius 3 is 2.77 bits per heavy atom. The molecule has 1 atom stereocenters. The lowest BCUT2D eigenvalue weighted by molar-refractivity contribution is 0.171. The highest BCUT2D eigenvalue weighted by Crippen LogP contribution is 2.15. The highest BCUT2D eigenvalue weighted by Gasteiger charge is 2.10. The number of aliphatic hydroxyl groups excluding tert-OH is 1. The van der Waals surface area contributed by atoms with Gasteiger partial charge in [0.25, 0.3) is 0 Å². The molecule has 0 bridgehead atoms. The van der Waals surface area contributed by atoms with Crippen LogP contribution in [-0.2, 0) is 0 Å². The summed E-state index contributed by atoms with van der Waals surface area (Å²) in [4.78, 5) is 0. The SMILES string of the molecule is CCNCC(O)c1ccccc1F. The Hall–Kier alpha value is -0.930. The number of aliphatic hydroxyl groups is 1. The summed E-state index contributed by atoms with van der Waals surface area (Å²) in [5, 5.41) is 12.5. The molecular weight excluding hydrogens is 169 g/mol. The van der Waals surface area contributed by atoms with Gasteiger partial charge in [-0.25, -0.2) is 4.39 Å². The third-order valence-corrected chi connectivity index (χ3v) is 1.85. The second-order valence-electron chi connectivity index (χ2n) is 2.84. The molecule has 0 aliphatic heterocycles. The van der Waals surface area contributed by atoms with Crippen molar-refractivity contribution in [3.8, 4) is 0 Å². The molecule has 1 aromatic rings. The third-order valence-electron chi connectivity index (χ3n) is 1.85. The maximum atomic E-state index is 13.1. The van der Waals surface area contributed by atoms with E-state index in [0.29, 0.717) is 12.1 Å². The summed E-state index contributed by atoms with van der Waals surface area (Å²) in [5.74, 6) is -0.354. The van der Waals surface area contributed by atoms with Gasteiger partial charge in [-0.05, 0) is 12.6 Å². The first kappa shape index (κ1) is 10.2. The van der Waals surface area contributed by atoms with Crippen LogP contribution in [0.15, 0.2) is 24.3 Å². The summed E-state index contributed by atoms with van der Waals surface area (Å²) in [6, 6.07) is 6.27. The second kappa shape index (κ2) is 4.94. The van der Waals surface area contributed by atoms with Crippen LogP contribution in [-0.4, -0.2) is 18.2 Å². The van der Waals surface area contributed by atoms with E-state index >= 15 is 0 Å². The number of likely N-dealkylation sites (N-methyl/N-ethyl adjacent to an activating group) is 1. The van der Waals surface area contributed by atoms with Crippen molar-refractivity contribution in [1.82, 2.24) is 5.32 Å². The molecule has 13 heavy (non-hydrogen) atoms. The quantitative estimate of drug-likeness (QED) is 0.740. The Bertz CT molecular complexity index is 265. The number of hydrogen-bond acceptors (Lipinski definition) is 2. The zero-order chi connectivity index (χ0) is 9.68. The normalized spacial score (nSPS) is 12.8. The minimum Gasteiger partial charge on any atom is -0.387 e. The van der Waals surface area contributed by atoms with Crippen LogP contribution in [0.2, 0.25) is 0 Å². The molecule has 3 heteroatoms. The van der Waals surface area contributed by atoms with Gasteiger partial charge in [0.1, 0.15) is 5.82 Å². The zero-order valence-corrected chi connectivity index (χ0v) is 7.63. The predicted octanol–water partition coefficient (Wildman–Crippen LogP) is 1.47. The van der Waals surface area contributed by atoms with E-state index in [-0.39, 0.29) is 5.82 Å². The average Bonchev–Trinajstić information content (AvgIpc) is 2.15. The fraction of sp³-hybridized carbons (Fsp3) is 0.400. The van der Waals surface area contributed by atoms with Crippen LogP contribution in [0, 0.1) is 5.82 Å². The molecule has 72 valence electrons. The highest BCUT2D eigenvalue weighted by molar-refractivity contribution is 5.19. The van der Waals surface area contributed by atoms with Crippen molar-refractivity contribution in [3.05, 3.63) is 35.6 Å². The minimum atomic E-state index is -0.763.